The van der Waals surface area contributed by atoms with Crippen molar-refractivity contribution in [2.24, 2.45) is 0 Å². The number of benzene rings is 2. The summed E-state index contributed by atoms with van der Waals surface area (Å²) in [7, 11) is 0. The fraction of sp³-hybridized carbons (Fsp3) is 0.308. The molecule has 0 spiro atoms. The van der Waals surface area contributed by atoms with Gasteiger partial charge < -0.3 is 24.6 Å². The lowest BCUT2D eigenvalue weighted by molar-refractivity contribution is -0.136. The van der Waals surface area contributed by atoms with Crippen LogP contribution in [0.4, 0.5) is 13.2 Å². The van der Waals surface area contributed by atoms with Gasteiger partial charge >= 0.3 is 6.18 Å². The molecule has 5 rings (SSSR count). The van der Waals surface area contributed by atoms with E-state index in [0.717, 1.165) is 23.1 Å². The first-order valence-electron chi connectivity index (χ1n) is 11.6. The van der Waals surface area contributed by atoms with Crippen LogP contribution < -0.4 is 5.32 Å². The summed E-state index contributed by atoms with van der Waals surface area (Å²) in [5.41, 5.74) is 2.92. The number of rotatable bonds is 8. The minimum atomic E-state index is -4.71. The van der Waals surface area contributed by atoms with Crippen LogP contribution in [0.15, 0.2) is 57.6 Å². The molecule has 188 valence electrons. The van der Waals surface area contributed by atoms with Crippen molar-refractivity contribution in [3.63, 3.8) is 0 Å². The highest BCUT2D eigenvalue weighted by atomic mass is 19.4. The summed E-state index contributed by atoms with van der Waals surface area (Å²) in [5, 5.41) is 29.3. The second-order valence-electron chi connectivity index (χ2n) is 8.72. The third kappa shape index (κ3) is 4.67. The third-order valence-corrected chi connectivity index (χ3v) is 6.27. The molecule has 0 bridgehead atoms. The number of halogens is 3. The Balaban J connectivity index is 1.44. The number of alkyl halides is 3. The molecule has 0 amide bonds. The number of aliphatic hydroxyl groups excluding tert-OH is 2. The van der Waals surface area contributed by atoms with Gasteiger partial charge in [-0.1, -0.05) is 58.8 Å². The van der Waals surface area contributed by atoms with Crippen LogP contribution in [0.2, 0.25) is 0 Å². The van der Waals surface area contributed by atoms with E-state index < -0.39 is 23.5 Å². The minimum absolute atomic E-state index is 0.0235. The second kappa shape index (κ2) is 9.88. The van der Waals surface area contributed by atoms with Crippen molar-refractivity contribution < 1.29 is 32.4 Å². The van der Waals surface area contributed by atoms with Gasteiger partial charge in [0.25, 0.3) is 0 Å². The first-order chi connectivity index (χ1) is 17.4. The van der Waals surface area contributed by atoms with Gasteiger partial charge in [-0.05, 0) is 36.9 Å². The van der Waals surface area contributed by atoms with Crippen molar-refractivity contribution in [2.75, 3.05) is 19.7 Å². The Hall–Kier alpha value is -3.47. The van der Waals surface area contributed by atoms with E-state index in [9.17, 15) is 18.3 Å². The largest absolute Gasteiger partial charge is 0.422 e. The Kier molecular flexibility index (Phi) is 6.65. The van der Waals surface area contributed by atoms with Gasteiger partial charge in [0.05, 0.1) is 12.7 Å². The maximum Gasteiger partial charge on any atom is 0.422 e. The quantitative estimate of drug-likeness (QED) is 0.311. The average Bonchev–Trinajstić information content (AvgIpc) is 3.51. The van der Waals surface area contributed by atoms with Crippen LogP contribution in [0, 0.1) is 0 Å². The van der Waals surface area contributed by atoms with E-state index >= 15 is 0 Å². The Labute approximate surface area is 204 Å². The molecule has 0 saturated heterocycles. The highest BCUT2D eigenvalue weighted by Crippen LogP contribution is 2.46. The summed E-state index contributed by atoms with van der Waals surface area (Å²) in [6, 6.07) is 13.9. The van der Waals surface area contributed by atoms with E-state index in [4.69, 9.17) is 14.2 Å². The zero-order valence-electron chi connectivity index (χ0n) is 19.2. The minimum Gasteiger partial charge on any atom is -0.394 e. The van der Waals surface area contributed by atoms with E-state index in [1.54, 1.807) is 18.2 Å². The molecule has 3 N–H and O–H groups in total. The van der Waals surface area contributed by atoms with Crippen molar-refractivity contribution >= 4 is 0 Å². The second-order valence-corrected chi connectivity index (χ2v) is 8.72. The van der Waals surface area contributed by atoms with Crippen molar-refractivity contribution in [1.82, 2.24) is 15.6 Å². The number of nitrogens with zero attached hydrogens (tertiary/aromatic N) is 2. The third-order valence-electron chi connectivity index (χ3n) is 6.27. The van der Waals surface area contributed by atoms with Gasteiger partial charge in [0.2, 0.25) is 0 Å². The monoisotopic (exact) mass is 499 g/mol. The lowest BCUT2D eigenvalue weighted by Gasteiger charge is -2.17. The molecule has 1 aliphatic carbocycles. The zero-order valence-corrected chi connectivity index (χ0v) is 19.2. The molecule has 2 heterocycles. The van der Waals surface area contributed by atoms with Crippen LogP contribution >= 0.6 is 0 Å². The van der Waals surface area contributed by atoms with E-state index in [1.165, 1.54) is 12.1 Å². The summed E-state index contributed by atoms with van der Waals surface area (Å²) < 4.78 is 53.0. The van der Waals surface area contributed by atoms with Crippen LogP contribution in [0.3, 0.4) is 0 Å². The molecular weight excluding hydrogens is 475 g/mol. The number of aliphatic hydroxyl groups is 2. The maximum atomic E-state index is 14.1. The SMILES string of the molecule is OC[C@@H](O)CNCCc1ccc2c(c1)CCc1c-2noc1-c1noc(-c2ccccc2)c1C(F)(F)F. The molecule has 0 unspecified atom stereocenters. The Morgan fingerprint density at radius 2 is 1.72 bits per heavy atom. The van der Waals surface area contributed by atoms with Crippen molar-refractivity contribution in [1.29, 1.82) is 0 Å². The molecule has 0 fully saturated rings. The molecule has 2 aromatic heterocycles. The van der Waals surface area contributed by atoms with Crippen LogP contribution in [0.5, 0.6) is 0 Å². The van der Waals surface area contributed by atoms with Gasteiger partial charge in [-0.15, -0.1) is 0 Å². The number of hydrogen-bond acceptors (Lipinski definition) is 7. The predicted octanol–water partition coefficient (Wildman–Crippen LogP) is 4.27. The first kappa shape index (κ1) is 24.2. The van der Waals surface area contributed by atoms with E-state index in [2.05, 4.69) is 21.7 Å². The molecule has 0 radical (unpaired) electrons. The summed E-state index contributed by atoms with van der Waals surface area (Å²) >= 11 is 0. The van der Waals surface area contributed by atoms with Crippen LogP contribution in [-0.2, 0) is 25.4 Å². The summed E-state index contributed by atoms with van der Waals surface area (Å²) in [4.78, 5) is 0. The normalized spacial score (nSPS) is 13.9. The molecule has 0 aliphatic heterocycles. The highest BCUT2D eigenvalue weighted by Gasteiger charge is 2.43. The van der Waals surface area contributed by atoms with Gasteiger partial charge in [-0.3, -0.25) is 0 Å². The van der Waals surface area contributed by atoms with E-state index in [0.29, 0.717) is 37.2 Å². The molecule has 0 saturated carbocycles. The van der Waals surface area contributed by atoms with Gasteiger partial charge in [0.15, 0.2) is 17.2 Å². The summed E-state index contributed by atoms with van der Waals surface area (Å²) in [5.74, 6) is -0.381. The van der Waals surface area contributed by atoms with Crippen molar-refractivity contribution in [3.8, 4) is 34.0 Å². The first-order valence-corrected chi connectivity index (χ1v) is 11.6. The molecule has 2 aromatic carbocycles. The van der Waals surface area contributed by atoms with Gasteiger partial charge in [0, 0.05) is 23.2 Å². The number of aromatic nitrogens is 2. The lowest BCUT2D eigenvalue weighted by atomic mass is 9.87. The van der Waals surface area contributed by atoms with Crippen LogP contribution in [0.25, 0.3) is 34.0 Å². The highest BCUT2D eigenvalue weighted by molar-refractivity contribution is 5.79. The van der Waals surface area contributed by atoms with Gasteiger partial charge in [-0.25, -0.2) is 0 Å². The summed E-state index contributed by atoms with van der Waals surface area (Å²) in [6.07, 6.45) is -3.71. The van der Waals surface area contributed by atoms with Crippen LogP contribution in [0.1, 0.15) is 22.3 Å². The predicted molar refractivity (Wildman–Crippen MR) is 125 cm³/mol. The fourth-order valence-electron chi connectivity index (χ4n) is 4.50. The van der Waals surface area contributed by atoms with Gasteiger partial charge in [-0.2, -0.15) is 13.2 Å². The zero-order chi connectivity index (χ0) is 25.3. The smallest absolute Gasteiger partial charge is 0.394 e. The maximum absolute atomic E-state index is 14.1. The molecule has 36 heavy (non-hydrogen) atoms. The van der Waals surface area contributed by atoms with E-state index in [-0.39, 0.29) is 23.7 Å². The average molecular weight is 499 g/mol. The molecule has 1 atom stereocenters. The number of nitrogens with one attached hydrogen (secondary N) is 1. The molecule has 1 aliphatic rings. The molecule has 7 nitrogen and oxygen atoms in total. The summed E-state index contributed by atoms with van der Waals surface area (Å²) in [6.45, 7) is 0.645. The van der Waals surface area contributed by atoms with Crippen molar-refractivity contribution in [3.05, 3.63) is 70.8 Å². The topological polar surface area (TPSA) is 105 Å². The Bertz CT molecular complexity index is 1350. The number of aryl methyl sites for hydroxylation is 1. The van der Waals surface area contributed by atoms with E-state index in [1.807, 2.05) is 12.1 Å². The number of fused-ring (bicyclic) bond motifs is 3. The standard InChI is InChI=1S/C26H24F3N3O4/c27-26(28,29)21-23(32-35-24(21)16-4-2-1-3-5-16)25-20-9-7-17-12-15(10-11-30-13-18(34)14-33)6-8-19(17)22(20)31-36-25/h1-6,8,12,18,30,33-34H,7,9-11,13-14H2/t18-/m0/s1. The Morgan fingerprint density at radius 1 is 0.972 bits per heavy atom. The molecular formula is C26H24F3N3O4. The van der Waals surface area contributed by atoms with Crippen LogP contribution in [-0.4, -0.2) is 46.3 Å². The fourth-order valence-corrected chi connectivity index (χ4v) is 4.50. The number of hydrogen-bond donors (Lipinski definition) is 3. The molecule has 4 aromatic rings. The molecule has 10 heteroatoms. The Morgan fingerprint density at radius 3 is 2.47 bits per heavy atom. The van der Waals surface area contributed by atoms with Gasteiger partial charge in [0.1, 0.15) is 11.3 Å². The van der Waals surface area contributed by atoms with Crippen molar-refractivity contribution in [2.45, 2.75) is 31.5 Å². The lowest BCUT2D eigenvalue weighted by Crippen LogP contribution is -2.30.